The molecule has 1 amide bonds. The van der Waals surface area contributed by atoms with Crippen molar-refractivity contribution in [3.05, 3.63) is 28.7 Å². The van der Waals surface area contributed by atoms with Crippen LogP contribution < -0.4 is 10.1 Å². The molecule has 1 aromatic rings. The largest absolute Gasteiger partial charge is 0.494 e. The molecule has 1 aromatic carbocycles. The van der Waals surface area contributed by atoms with Gasteiger partial charge in [0, 0.05) is 10.9 Å². The van der Waals surface area contributed by atoms with Crippen LogP contribution in [0.25, 0.3) is 0 Å². The number of hydrogen-bond donors (Lipinski definition) is 1. The van der Waals surface area contributed by atoms with Crippen LogP contribution in [0.5, 0.6) is 5.75 Å². The van der Waals surface area contributed by atoms with Gasteiger partial charge in [-0.25, -0.2) is 0 Å². The van der Waals surface area contributed by atoms with Gasteiger partial charge >= 0.3 is 6.18 Å². The van der Waals surface area contributed by atoms with Gasteiger partial charge in [0.15, 0.2) is 0 Å². The lowest BCUT2D eigenvalue weighted by Gasteiger charge is -2.09. The molecule has 0 radical (unpaired) electrons. The fraction of sp³-hybridized carbons (Fsp3) is 0.417. The maximum absolute atomic E-state index is 11.8. The predicted molar refractivity (Wildman–Crippen MR) is 67.9 cm³/mol. The normalized spacial score (nSPS) is 11.2. The van der Waals surface area contributed by atoms with Crippen molar-refractivity contribution in [1.29, 1.82) is 0 Å². The summed E-state index contributed by atoms with van der Waals surface area (Å²) in [6.45, 7) is -1.02. The molecule has 0 fully saturated rings. The molecule has 1 rings (SSSR count). The third-order valence-electron chi connectivity index (χ3n) is 2.10. The summed E-state index contributed by atoms with van der Waals surface area (Å²) in [5, 5.41) is 1.80. The Balaban J connectivity index is 2.15. The molecular weight excluding hydrogens is 327 g/mol. The number of benzene rings is 1. The van der Waals surface area contributed by atoms with E-state index in [-0.39, 0.29) is 13.0 Å². The van der Waals surface area contributed by atoms with Crippen LogP contribution in [0.4, 0.5) is 13.2 Å². The summed E-state index contributed by atoms with van der Waals surface area (Å²) in [5.41, 5.74) is 0. The summed E-state index contributed by atoms with van der Waals surface area (Å²) in [6.07, 6.45) is -4.01. The van der Waals surface area contributed by atoms with E-state index in [1.165, 1.54) is 0 Å². The number of carbonyl (C=O) groups is 1. The highest BCUT2D eigenvalue weighted by Gasteiger charge is 2.27. The molecule has 0 atom stereocenters. The molecule has 0 aliphatic carbocycles. The minimum Gasteiger partial charge on any atom is -0.494 e. The van der Waals surface area contributed by atoms with Crippen LogP contribution in [-0.4, -0.2) is 25.2 Å². The highest BCUT2D eigenvalue weighted by atomic mass is 79.9. The Kier molecular flexibility index (Phi) is 6.14. The first-order valence-electron chi connectivity index (χ1n) is 5.58. The highest BCUT2D eigenvalue weighted by molar-refractivity contribution is 9.10. The Hall–Kier alpha value is -1.24. The van der Waals surface area contributed by atoms with Crippen LogP contribution in [0, 0.1) is 0 Å². The van der Waals surface area contributed by atoms with E-state index in [1.807, 2.05) is 6.07 Å². The van der Waals surface area contributed by atoms with Crippen molar-refractivity contribution in [3.63, 3.8) is 0 Å². The summed E-state index contributed by atoms with van der Waals surface area (Å²) in [4.78, 5) is 11.1. The summed E-state index contributed by atoms with van der Waals surface area (Å²) in [7, 11) is 0. The average Bonchev–Trinajstić information content (AvgIpc) is 2.31. The van der Waals surface area contributed by atoms with Crippen molar-refractivity contribution in [2.75, 3.05) is 13.2 Å². The average molecular weight is 340 g/mol. The van der Waals surface area contributed by atoms with Gasteiger partial charge in [0.25, 0.3) is 0 Å². The molecule has 0 unspecified atom stereocenters. The number of ether oxygens (including phenoxy) is 1. The molecule has 0 saturated heterocycles. The standard InChI is InChI=1S/C12H13BrF3NO2/c13-9-3-1-4-10(7-9)19-6-2-5-11(18)17-8-12(14,15)16/h1,3-4,7H,2,5-6,8H2,(H,17,18). The second-order valence-electron chi connectivity index (χ2n) is 3.80. The Bertz CT molecular complexity index is 424. The van der Waals surface area contributed by atoms with Crippen molar-refractivity contribution >= 4 is 21.8 Å². The zero-order valence-electron chi connectivity index (χ0n) is 9.97. The number of amides is 1. The molecular formula is C12H13BrF3NO2. The van der Waals surface area contributed by atoms with Crippen LogP contribution in [0.3, 0.4) is 0 Å². The second-order valence-corrected chi connectivity index (χ2v) is 4.72. The van der Waals surface area contributed by atoms with Crippen molar-refractivity contribution < 1.29 is 22.7 Å². The summed E-state index contributed by atoms with van der Waals surface area (Å²) in [6, 6.07) is 7.17. The maximum atomic E-state index is 11.8. The molecule has 0 aromatic heterocycles. The van der Waals surface area contributed by atoms with Crippen LogP contribution in [-0.2, 0) is 4.79 Å². The topological polar surface area (TPSA) is 38.3 Å². The van der Waals surface area contributed by atoms with E-state index in [2.05, 4.69) is 15.9 Å². The van der Waals surface area contributed by atoms with Crippen LogP contribution in [0.2, 0.25) is 0 Å². The van der Waals surface area contributed by atoms with Gasteiger partial charge in [0.1, 0.15) is 12.3 Å². The zero-order valence-corrected chi connectivity index (χ0v) is 11.6. The number of rotatable bonds is 6. The minimum absolute atomic E-state index is 0.00405. The molecule has 0 aliphatic heterocycles. The van der Waals surface area contributed by atoms with Crippen LogP contribution >= 0.6 is 15.9 Å². The van der Waals surface area contributed by atoms with Gasteiger partial charge in [-0.15, -0.1) is 0 Å². The Morgan fingerprint density at radius 3 is 2.74 bits per heavy atom. The van der Waals surface area contributed by atoms with Gasteiger partial charge in [0.2, 0.25) is 5.91 Å². The SMILES string of the molecule is O=C(CCCOc1cccc(Br)c1)NCC(F)(F)F. The number of halogens is 4. The molecule has 3 nitrogen and oxygen atoms in total. The molecule has 0 aliphatic rings. The van der Waals surface area contributed by atoms with Gasteiger partial charge in [-0.3, -0.25) is 4.79 Å². The Morgan fingerprint density at radius 2 is 2.11 bits per heavy atom. The second kappa shape index (κ2) is 7.37. The molecule has 1 N–H and O–H groups in total. The van der Waals surface area contributed by atoms with Crippen molar-refractivity contribution in [1.82, 2.24) is 5.32 Å². The highest BCUT2D eigenvalue weighted by Crippen LogP contribution is 2.18. The predicted octanol–water partition coefficient (Wildman–Crippen LogP) is 3.29. The molecule has 0 saturated carbocycles. The fourth-order valence-electron chi connectivity index (χ4n) is 1.27. The lowest BCUT2D eigenvalue weighted by molar-refractivity contribution is -0.138. The minimum atomic E-state index is -4.37. The summed E-state index contributed by atoms with van der Waals surface area (Å²) < 4.78 is 41.7. The van der Waals surface area contributed by atoms with Crippen LogP contribution in [0.15, 0.2) is 28.7 Å². The lowest BCUT2D eigenvalue weighted by Crippen LogP contribution is -2.33. The lowest BCUT2D eigenvalue weighted by atomic mass is 10.3. The van der Waals surface area contributed by atoms with Gasteiger partial charge in [-0.1, -0.05) is 22.0 Å². The summed E-state index contributed by atoms with van der Waals surface area (Å²) >= 11 is 3.28. The monoisotopic (exact) mass is 339 g/mol. The van der Waals surface area contributed by atoms with E-state index in [0.29, 0.717) is 12.2 Å². The molecule has 106 valence electrons. The number of nitrogens with one attached hydrogen (secondary N) is 1. The van der Waals surface area contributed by atoms with E-state index in [9.17, 15) is 18.0 Å². The number of hydrogen-bond acceptors (Lipinski definition) is 2. The third kappa shape index (κ3) is 7.71. The smallest absolute Gasteiger partial charge is 0.405 e. The van der Waals surface area contributed by atoms with Gasteiger partial charge in [0.05, 0.1) is 6.61 Å². The first kappa shape index (κ1) is 15.8. The number of alkyl halides is 3. The molecule has 19 heavy (non-hydrogen) atoms. The van der Waals surface area contributed by atoms with Crippen molar-refractivity contribution in [3.8, 4) is 5.75 Å². The van der Waals surface area contributed by atoms with Gasteiger partial charge < -0.3 is 10.1 Å². The zero-order chi connectivity index (χ0) is 14.3. The van der Waals surface area contributed by atoms with E-state index in [0.717, 1.165) is 4.47 Å². The van der Waals surface area contributed by atoms with Crippen molar-refractivity contribution in [2.24, 2.45) is 0 Å². The Labute approximate surface area is 117 Å². The first-order valence-corrected chi connectivity index (χ1v) is 6.38. The van der Waals surface area contributed by atoms with E-state index in [4.69, 9.17) is 4.74 Å². The maximum Gasteiger partial charge on any atom is 0.405 e. The van der Waals surface area contributed by atoms with E-state index < -0.39 is 18.6 Å². The first-order chi connectivity index (χ1) is 8.87. The fourth-order valence-corrected chi connectivity index (χ4v) is 1.64. The molecule has 0 bridgehead atoms. The quantitative estimate of drug-likeness (QED) is 0.807. The van der Waals surface area contributed by atoms with E-state index >= 15 is 0 Å². The molecule has 0 heterocycles. The number of carbonyl (C=O) groups excluding carboxylic acids is 1. The summed E-state index contributed by atoms with van der Waals surface area (Å²) in [5.74, 6) is 0.0141. The van der Waals surface area contributed by atoms with E-state index in [1.54, 1.807) is 23.5 Å². The Morgan fingerprint density at radius 1 is 1.37 bits per heavy atom. The van der Waals surface area contributed by atoms with Crippen LogP contribution in [0.1, 0.15) is 12.8 Å². The van der Waals surface area contributed by atoms with Gasteiger partial charge in [-0.2, -0.15) is 13.2 Å². The third-order valence-corrected chi connectivity index (χ3v) is 2.59. The van der Waals surface area contributed by atoms with Crippen molar-refractivity contribution in [2.45, 2.75) is 19.0 Å². The van der Waals surface area contributed by atoms with Gasteiger partial charge in [-0.05, 0) is 24.6 Å². The molecule has 7 heteroatoms. The molecule has 0 spiro atoms.